The first-order valence-corrected chi connectivity index (χ1v) is 7.20. The van der Waals surface area contributed by atoms with E-state index in [-0.39, 0.29) is 28.2 Å². The molecule has 0 spiro atoms. The summed E-state index contributed by atoms with van der Waals surface area (Å²) >= 11 is 0. The van der Waals surface area contributed by atoms with Crippen LogP contribution in [0.5, 0.6) is 11.5 Å². The largest absolute Gasteiger partial charge is 0.507 e. The molecule has 2 aromatic rings. The third-order valence-electron chi connectivity index (χ3n) is 3.75. The Hall–Kier alpha value is -2.82. The molecule has 5 heteroatoms. The van der Waals surface area contributed by atoms with Crippen LogP contribution in [0.25, 0.3) is 0 Å². The number of ketones is 1. The second-order valence-corrected chi connectivity index (χ2v) is 5.50. The lowest BCUT2D eigenvalue weighted by molar-refractivity contribution is 0.0693. The number of carboxylic acids is 1. The number of phenolic OH excluding ortho intramolecular Hbond substituents is 1. The lowest BCUT2D eigenvalue weighted by atomic mass is 9.94. The Balaban J connectivity index is 2.65. The Morgan fingerprint density at radius 1 is 0.957 bits per heavy atom. The van der Waals surface area contributed by atoms with E-state index in [9.17, 15) is 24.9 Å². The van der Waals surface area contributed by atoms with Crippen LogP contribution in [0.4, 0.5) is 0 Å². The van der Waals surface area contributed by atoms with Crippen molar-refractivity contribution in [3.63, 3.8) is 0 Å². The molecule has 0 fully saturated rings. The summed E-state index contributed by atoms with van der Waals surface area (Å²) in [5.74, 6) is -2.24. The number of hydrogen-bond donors (Lipinski definition) is 3. The molecule has 5 nitrogen and oxygen atoms in total. The molecule has 0 aliphatic heterocycles. The quantitative estimate of drug-likeness (QED) is 0.753. The van der Waals surface area contributed by atoms with E-state index < -0.39 is 11.8 Å². The molecule has 0 aromatic heterocycles. The summed E-state index contributed by atoms with van der Waals surface area (Å²) in [5, 5.41) is 29.2. The van der Waals surface area contributed by atoms with Gasteiger partial charge in [0.15, 0.2) is 5.78 Å². The van der Waals surface area contributed by atoms with E-state index in [1.807, 2.05) is 0 Å². The molecule has 2 rings (SSSR count). The standard InChI is InChI=1S/C18H18O5/c1-4-11-7-12(8-14(16(11)20)18(22)23)17(21)13-6-9(2)5-10(3)15(13)19/h5-8,19-20H,4H2,1-3H3,(H,22,23). The van der Waals surface area contributed by atoms with Crippen molar-refractivity contribution in [1.82, 2.24) is 0 Å². The maximum Gasteiger partial charge on any atom is 0.339 e. The summed E-state index contributed by atoms with van der Waals surface area (Å²) in [6.45, 7) is 5.25. The third kappa shape index (κ3) is 3.04. The van der Waals surface area contributed by atoms with Crippen LogP contribution in [0.15, 0.2) is 24.3 Å². The highest BCUT2D eigenvalue weighted by atomic mass is 16.4. The van der Waals surface area contributed by atoms with Crippen molar-refractivity contribution in [2.75, 3.05) is 0 Å². The van der Waals surface area contributed by atoms with E-state index in [0.29, 0.717) is 17.5 Å². The SMILES string of the molecule is CCc1cc(C(=O)c2cc(C)cc(C)c2O)cc(C(=O)O)c1O. The highest BCUT2D eigenvalue weighted by Crippen LogP contribution is 2.30. The normalized spacial score (nSPS) is 10.6. The number of carboxylic acid groups (broad SMARTS) is 1. The number of phenols is 2. The predicted octanol–water partition coefficient (Wildman–Crippen LogP) is 3.21. The number of aromatic hydroxyl groups is 2. The van der Waals surface area contributed by atoms with E-state index in [2.05, 4.69) is 0 Å². The van der Waals surface area contributed by atoms with Crippen molar-refractivity contribution in [2.24, 2.45) is 0 Å². The van der Waals surface area contributed by atoms with Gasteiger partial charge in [-0.1, -0.05) is 13.0 Å². The molecule has 0 atom stereocenters. The highest BCUT2D eigenvalue weighted by Gasteiger charge is 2.21. The van der Waals surface area contributed by atoms with Crippen LogP contribution in [-0.2, 0) is 6.42 Å². The smallest absolute Gasteiger partial charge is 0.339 e. The van der Waals surface area contributed by atoms with Crippen LogP contribution in [0.3, 0.4) is 0 Å². The average Bonchev–Trinajstić information content (AvgIpc) is 2.50. The minimum atomic E-state index is -1.31. The fourth-order valence-electron chi connectivity index (χ4n) is 2.55. The van der Waals surface area contributed by atoms with Gasteiger partial charge in [-0.15, -0.1) is 0 Å². The van der Waals surface area contributed by atoms with Crippen molar-refractivity contribution in [3.05, 3.63) is 57.6 Å². The van der Waals surface area contributed by atoms with Gasteiger partial charge in [0.05, 0.1) is 5.56 Å². The van der Waals surface area contributed by atoms with Gasteiger partial charge in [-0.05, 0) is 55.2 Å². The first-order chi connectivity index (χ1) is 10.8. The van der Waals surface area contributed by atoms with E-state index in [1.54, 1.807) is 32.9 Å². The van der Waals surface area contributed by atoms with E-state index >= 15 is 0 Å². The molecule has 0 bridgehead atoms. The minimum Gasteiger partial charge on any atom is -0.507 e. The fourth-order valence-corrected chi connectivity index (χ4v) is 2.55. The zero-order valence-electron chi connectivity index (χ0n) is 13.2. The molecule has 0 radical (unpaired) electrons. The van der Waals surface area contributed by atoms with E-state index in [4.69, 9.17) is 0 Å². The summed E-state index contributed by atoms with van der Waals surface area (Å²) in [5.41, 5.74) is 1.68. The van der Waals surface area contributed by atoms with E-state index in [1.165, 1.54) is 6.07 Å². The van der Waals surface area contributed by atoms with Gasteiger partial charge in [0, 0.05) is 5.56 Å². The van der Waals surface area contributed by atoms with Crippen molar-refractivity contribution >= 4 is 11.8 Å². The lowest BCUT2D eigenvalue weighted by Crippen LogP contribution is -2.08. The van der Waals surface area contributed by atoms with Crippen molar-refractivity contribution < 1.29 is 24.9 Å². The van der Waals surface area contributed by atoms with Gasteiger partial charge in [-0.25, -0.2) is 4.79 Å². The van der Waals surface area contributed by atoms with Gasteiger partial charge in [0.1, 0.15) is 17.1 Å². The highest BCUT2D eigenvalue weighted by molar-refractivity contribution is 6.12. The monoisotopic (exact) mass is 314 g/mol. The van der Waals surface area contributed by atoms with Crippen molar-refractivity contribution in [2.45, 2.75) is 27.2 Å². The Labute approximate surface area is 133 Å². The molecule has 0 aliphatic rings. The molecule has 0 aliphatic carbocycles. The second kappa shape index (κ2) is 6.12. The number of aromatic carboxylic acids is 1. The molecule has 0 heterocycles. The first-order valence-electron chi connectivity index (χ1n) is 7.20. The molecular weight excluding hydrogens is 296 g/mol. The zero-order chi connectivity index (χ0) is 17.3. The van der Waals surface area contributed by atoms with E-state index in [0.717, 1.165) is 11.6 Å². The number of rotatable bonds is 4. The van der Waals surface area contributed by atoms with Gasteiger partial charge in [0.2, 0.25) is 0 Å². The predicted molar refractivity (Wildman–Crippen MR) is 85.5 cm³/mol. The fraction of sp³-hybridized carbons (Fsp3) is 0.222. The molecule has 2 aromatic carbocycles. The van der Waals surface area contributed by atoms with Crippen LogP contribution < -0.4 is 0 Å². The van der Waals surface area contributed by atoms with Crippen molar-refractivity contribution in [3.8, 4) is 11.5 Å². The lowest BCUT2D eigenvalue weighted by Gasteiger charge is -2.11. The summed E-state index contributed by atoms with van der Waals surface area (Å²) < 4.78 is 0. The first kappa shape index (κ1) is 16.5. The zero-order valence-corrected chi connectivity index (χ0v) is 13.2. The second-order valence-electron chi connectivity index (χ2n) is 5.50. The van der Waals surface area contributed by atoms with Gasteiger partial charge in [-0.3, -0.25) is 4.79 Å². The maximum atomic E-state index is 12.7. The molecule has 0 saturated carbocycles. The summed E-state index contributed by atoms with van der Waals surface area (Å²) in [6.07, 6.45) is 0.381. The average molecular weight is 314 g/mol. The Morgan fingerprint density at radius 2 is 1.61 bits per heavy atom. The van der Waals surface area contributed by atoms with Crippen LogP contribution in [-0.4, -0.2) is 27.1 Å². The number of carbonyl (C=O) groups is 2. The van der Waals surface area contributed by atoms with Crippen LogP contribution in [0.1, 0.15) is 49.9 Å². The van der Waals surface area contributed by atoms with Crippen LogP contribution >= 0.6 is 0 Å². The maximum absolute atomic E-state index is 12.7. The van der Waals surface area contributed by atoms with Crippen LogP contribution in [0.2, 0.25) is 0 Å². The third-order valence-corrected chi connectivity index (χ3v) is 3.75. The van der Waals surface area contributed by atoms with Gasteiger partial charge < -0.3 is 15.3 Å². The van der Waals surface area contributed by atoms with Gasteiger partial charge >= 0.3 is 5.97 Å². The molecule has 3 N–H and O–H groups in total. The molecular formula is C18H18O5. The van der Waals surface area contributed by atoms with Crippen molar-refractivity contribution in [1.29, 1.82) is 0 Å². The topological polar surface area (TPSA) is 94.8 Å². The summed E-state index contributed by atoms with van der Waals surface area (Å²) in [6, 6.07) is 5.91. The number of aryl methyl sites for hydroxylation is 3. The number of carbonyl (C=O) groups excluding carboxylic acids is 1. The number of hydrogen-bond acceptors (Lipinski definition) is 4. The van der Waals surface area contributed by atoms with Crippen LogP contribution in [0, 0.1) is 13.8 Å². The molecule has 0 saturated heterocycles. The minimum absolute atomic E-state index is 0.117. The molecule has 0 amide bonds. The molecule has 120 valence electrons. The molecule has 23 heavy (non-hydrogen) atoms. The molecule has 0 unspecified atom stereocenters. The van der Waals surface area contributed by atoms with Gasteiger partial charge in [-0.2, -0.15) is 0 Å². The number of benzene rings is 2. The van der Waals surface area contributed by atoms with Gasteiger partial charge in [0.25, 0.3) is 0 Å². The Bertz CT molecular complexity index is 806. The Morgan fingerprint density at radius 3 is 2.17 bits per heavy atom. The summed E-state index contributed by atoms with van der Waals surface area (Å²) in [4.78, 5) is 23.9. The Kier molecular flexibility index (Phi) is 4.40. The summed E-state index contributed by atoms with van der Waals surface area (Å²) in [7, 11) is 0.